The van der Waals surface area contributed by atoms with Crippen molar-refractivity contribution in [2.45, 2.75) is 6.92 Å². The standard InChI is InChI=1S/C11H15N3O3S/c1-8(15)13(4)11-7-9(14(16)17)10(18-11)5-6-12(2)3/h5-7H,1-4H3/b6-5+. The van der Waals surface area contributed by atoms with Crippen molar-refractivity contribution in [3.8, 4) is 0 Å². The number of carbonyl (C=O) groups is 1. The molecule has 1 amide bonds. The highest BCUT2D eigenvalue weighted by atomic mass is 32.1. The van der Waals surface area contributed by atoms with Gasteiger partial charge in [0.25, 0.3) is 5.69 Å². The van der Waals surface area contributed by atoms with Crippen LogP contribution in [0.3, 0.4) is 0 Å². The largest absolute Gasteiger partial charge is 0.383 e. The summed E-state index contributed by atoms with van der Waals surface area (Å²) in [6.45, 7) is 1.42. The molecule has 0 unspecified atom stereocenters. The van der Waals surface area contributed by atoms with Crippen LogP contribution in [0.25, 0.3) is 6.08 Å². The molecule has 0 aliphatic heterocycles. The summed E-state index contributed by atoms with van der Waals surface area (Å²) < 4.78 is 0. The molecule has 0 aliphatic rings. The highest BCUT2D eigenvalue weighted by Gasteiger charge is 2.20. The number of thiophene rings is 1. The monoisotopic (exact) mass is 269 g/mol. The molecule has 0 N–H and O–H groups in total. The maximum atomic E-state index is 11.2. The quantitative estimate of drug-likeness (QED) is 0.620. The number of hydrogen-bond acceptors (Lipinski definition) is 5. The third-order valence-electron chi connectivity index (χ3n) is 2.25. The van der Waals surface area contributed by atoms with E-state index in [4.69, 9.17) is 0 Å². The van der Waals surface area contributed by atoms with Crippen LogP contribution in [-0.2, 0) is 4.79 Å². The van der Waals surface area contributed by atoms with Gasteiger partial charge < -0.3 is 9.80 Å². The Balaban J connectivity index is 3.16. The Bertz CT molecular complexity index is 494. The molecule has 0 atom stereocenters. The van der Waals surface area contributed by atoms with Gasteiger partial charge in [0.05, 0.1) is 11.0 Å². The van der Waals surface area contributed by atoms with Crippen LogP contribution >= 0.6 is 11.3 Å². The number of nitro groups is 1. The highest BCUT2D eigenvalue weighted by Crippen LogP contribution is 2.35. The number of nitrogens with zero attached hydrogens (tertiary/aromatic N) is 3. The van der Waals surface area contributed by atoms with Crippen molar-refractivity contribution in [1.29, 1.82) is 0 Å². The van der Waals surface area contributed by atoms with Gasteiger partial charge in [0.15, 0.2) is 0 Å². The van der Waals surface area contributed by atoms with Crippen LogP contribution in [0.1, 0.15) is 11.8 Å². The van der Waals surface area contributed by atoms with Crippen molar-refractivity contribution in [2.24, 2.45) is 0 Å². The summed E-state index contributed by atoms with van der Waals surface area (Å²) in [4.78, 5) is 25.4. The Morgan fingerprint density at radius 2 is 2.06 bits per heavy atom. The molecule has 18 heavy (non-hydrogen) atoms. The van der Waals surface area contributed by atoms with E-state index in [1.165, 1.54) is 29.2 Å². The fraction of sp³-hybridized carbons (Fsp3) is 0.364. The van der Waals surface area contributed by atoms with Gasteiger partial charge in [0.2, 0.25) is 5.91 Å². The van der Waals surface area contributed by atoms with Crippen molar-refractivity contribution in [2.75, 3.05) is 26.0 Å². The van der Waals surface area contributed by atoms with Crippen LogP contribution in [0.5, 0.6) is 0 Å². The topological polar surface area (TPSA) is 66.7 Å². The van der Waals surface area contributed by atoms with Crippen LogP contribution in [0.2, 0.25) is 0 Å². The minimum absolute atomic E-state index is 0.0150. The van der Waals surface area contributed by atoms with Crippen molar-refractivity contribution in [3.63, 3.8) is 0 Å². The Kier molecular flexibility index (Phi) is 4.43. The lowest BCUT2D eigenvalue weighted by molar-refractivity contribution is -0.384. The summed E-state index contributed by atoms with van der Waals surface area (Å²) in [6.07, 6.45) is 3.40. The van der Waals surface area contributed by atoms with E-state index in [9.17, 15) is 14.9 Å². The van der Waals surface area contributed by atoms with Gasteiger partial charge in [0.1, 0.15) is 9.88 Å². The molecule has 1 aromatic heterocycles. The molecule has 1 aromatic rings. The van der Waals surface area contributed by atoms with E-state index in [0.29, 0.717) is 9.88 Å². The predicted octanol–water partition coefficient (Wildman–Crippen LogP) is 2.17. The second-order valence-corrected chi connectivity index (χ2v) is 5.01. The van der Waals surface area contributed by atoms with E-state index in [1.807, 2.05) is 14.1 Å². The summed E-state index contributed by atoms with van der Waals surface area (Å²) in [5.74, 6) is -0.158. The van der Waals surface area contributed by atoms with Gasteiger partial charge in [-0.1, -0.05) is 0 Å². The summed E-state index contributed by atoms with van der Waals surface area (Å²) in [5.41, 5.74) is 0.0150. The molecule has 0 aromatic carbocycles. The predicted molar refractivity (Wildman–Crippen MR) is 72.8 cm³/mol. The Morgan fingerprint density at radius 3 is 2.50 bits per heavy atom. The zero-order valence-electron chi connectivity index (χ0n) is 10.7. The average Bonchev–Trinajstić information content (AvgIpc) is 2.69. The molecule has 0 radical (unpaired) electrons. The fourth-order valence-electron chi connectivity index (χ4n) is 1.18. The molecule has 0 saturated heterocycles. The Labute approximate surface area is 109 Å². The molecular formula is C11H15N3O3S. The SMILES string of the molecule is CC(=O)N(C)c1cc([N+](=O)[O-])c(/C=C/N(C)C)s1. The Morgan fingerprint density at radius 1 is 1.44 bits per heavy atom. The van der Waals surface area contributed by atoms with Gasteiger partial charge in [-0.05, 0) is 6.08 Å². The molecule has 0 bridgehead atoms. The molecule has 0 spiro atoms. The van der Waals surface area contributed by atoms with E-state index in [-0.39, 0.29) is 11.6 Å². The first-order valence-electron chi connectivity index (χ1n) is 5.20. The first-order valence-corrected chi connectivity index (χ1v) is 6.01. The number of rotatable bonds is 4. The van der Waals surface area contributed by atoms with Crippen LogP contribution < -0.4 is 4.90 Å². The molecule has 7 heteroatoms. The van der Waals surface area contributed by atoms with Crippen LogP contribution in [0.15, 0.2) is 12.3 Å². The first-order chi connectivity index (χ1) is 8.32. The Hall–Kier alpha value is -1.89. The molecule has 1 rings (SSSR count). The van der Waals surface area contributed by atoms with Crippen molar-refractivity contribution < 1.29 is 9.72 Å². The number of hydrogen-bond donors (Lipinski definition) is 0. The van der Waals surface area contributed by atoms with Crippen molar-refractivity contribution >= 4 is 34.0 Å². The van der Waals surface area contributed by atoms with Crippen LogP contribution in [0.4, 0.5) is 10.7 Å². The smallest absolute Gasteiger partial charge is 0.289 e. The fourth-order valence-corrected chi connectivity index (χ4v) is 2.21. The van der Waals surface area contributed by atoms with Crippen LogP contribution in [-0.4, -0.2) is 36.9 Å². The van der Waals surface area contributed by atoms with E-state index < -0.39 is 4.92 Å². The maximum Gasteiger partial charge on any atom is 0.289 e. The zero-order valence-corrected chi connectivity index (χ0v) is 11.5. The van der Waals surface area contributed by atoms with Gasteiger partial charge >= 0.3 is 0 Å². The zero-order chi connectivity index (χ0) is 13.9. The summed E-state index contributed by atoms with van der Waals surface area (Å²) in [5, 5.41) is 11.5. The average molecular weight is 269 g/mol. The van der Waals surface area contributed by atoms with E-state index in [0.717, 1.165) is 0 Å². The normalized spacial score (nSPS) is 10.7. The van der Waals surface area contributed by atoms with E-state index in [1.54, 1.807) is 24.2 Å². The van der Waals surface area contributed by atoms with Gasteiger partial charge in [-0.3, -0.25) is 14.9 Å². The summed E-state index contributed by atoms with van der Waals surface area (Å²) in [7, 11) is 5.26. The minimum atomic E-state index is -0.441. The molecule has 0 fully saturated rings. The molecule has 6 nitrogen and oxygen atoms in total. The molecule has 98 valence electrons. The molecule has 0 aliphatic carbocycles. The summed E-state index contributed by atoms with van der Waals surface area (Å²) >= 11 is 1.22. The second-order valence-electron chi connectivity index (χ2n) is 3.95. The van der Waals surface area contributed by atoms with Gasteiger partial charge in [-0.15, -0.1) is 11.3 Å². The van der Waals surface area contributed by atoms with Crippen molar-refractivity contribution in [3.05, 3.63) is 27.3 Å². The lowest BCUT2D eigenvalue weighted by atomic mass is 10.3. The number of anilines is 1. The van der Waals surface area contributed by atoms with Crippen LogP contribution in [0, 0.1) is 10.1 Å². The lowest BCUT2D eigenvalue weighted by Gasteiger charge is -2.10. The van der Waals surface area contributed by atoms with Gasteiger partial charge in [0, 0.05) is 34.3 Å². The highest BCUT2D eigenvalue weighted by molar-refractivity contribution is 7.17. The molecule has 0 saturated carbocycles. The van der Waals surface area contributed by atoms with Crippen molar-refractivity contribution in [1.82, 2.24) is 4.90 Å². The minimum Gasteiger partial charge on any atom is -0.383 e. The van der Waals surface area contributed by atoms with E-state index in [2.05, 4.69) is 0 Å². The maximum absolute atomic E-state index is 11.2. The number of amides is 1. The molecular weight excluding hydrogens is 254 g/mol. The lowest BCUT2D eigenvalue weighted by Crippen LogP contribution is -2.21. The van der Waals surface area contributed by atoms with Gasteiger partial charge in [-0.2, -0.15) is 0 Å². The third-order valence-corrected chi connectivity index (χ3v) is 3.42. The second kappa shape index (κ2) is 5.63. The molecule has 1 heterocycles. The summed E-state index contributed by atoms with van der Waals surface area (Å²) in [6, 6.07) is 1.42. The van der Waals surface area contributed by atoms with Gasteiger partial charge in [-0.25, -0.2) is 0 Å². The first kappa shape index (κ1) is 14.2. The third kappa shape index (κ3) is 3.30. The van der Waals surface area contributed by atoms with E-state index >= 15 is 0 Å². The number of carbonyl (C=O) groups excluding carboxylic acids is 1.